The number of benzene rings is 8. The minimum Gasteiger partial charge on any atom is -0.309 e. The third kappa shape index (κ3) is 4.96. The summed E-state index contributed by atoms with van der Waals surface area (Å²) in [4.78, 5) is 10.2. The number of thiophene rings is 1. The number of hydrogen-bond acceptors (Lipinski definition) is 3. The molecule has 0 amide bonds. The number of rotatable bonds is 5. The molecule has 0 radical (unpaired) electrons. The van der Waals surface area contributed by atoms with Gasteiger partial charge >= 0.3 is 0 Å². The summed E-state index contributed by atoms with van der Waals surface area (Å²) >= 11 is 1.90. The maximum absolute atomic E-state index is 5.09. The molecular weight excluding hydrogens is 675 g/mol. The summed E-state index contributed by atoms with van der Waals surface area (Å²) in [5.74, 6) is 0.705. The van der Waals surface area contributed by atoms with Crippen molar-refractivity contribution in [1.29, 1.82) is 0 Å². The average Bonchev–Trinajstić information content (AvgIpc) is 3.80. The van der Waals surface area contributed by atoms with E-state index in [2.05, 4.69) is 180 Å². The molecule has 0 unspecified atom stereocenters. The van der Waals surface area contributed by atoms with E-state index in [-0.39, 0.29) is 0 Å². The maximum atomic E-state index is 5.09. The molecule has 0 fully saturated rings. The van der Waals surface area contributed by atoms with E-state index in [0.717, 1.165) is 33.8 Å². The predicted octanol–water partition coefficient (Wildman–Crippen LogP) is 13.8. The lowest BCUT2D eigenvalue weighted by atomic mass is 10.0. The van der Waals surface area contributed by atoms with Gasteiger partial charge in [0.15, 0.2) is 5.82 Å². The zero-order valence-electron chi connectivity index (χ0n) is 29.1. The van der Waals surface area contributed by atoms with Gasteiger partial charge in [-0.3, -0.25) is 0 Å². The van der Waals surface area contributed by atoms with E-state index in [0.29, 0.717) is 5.82 Å². The van der Waals surface area contributed by atoms with Crippen molar-refractivity contribution < 1.29 is 0 Å². The summed E-state index contributed by atoms with van der Waals surface area (Å²) in [7, 11) is 0. The van der Waals surface area contributed by atoms with Gasteiger partial charge in [0.05, 0.1) is 22.4 Å². The molecule has 54 heavy (non-hydrogen) atoms. The molecule has 3 nitrogen and oxygen atoms in total. The van der Waals surface area contributed by atoms with E-state index in [4.69, 9.17) is 9.97 Å². The first kappa shape index (κ1) is 30.7. The van der Waals surface area contributed by atoms with Gasteiger partial charge in [0.25, 0.3) is 0 Å². The van der Waals surface area contributed by atoms with Gasteiger partial charge in [-0.05, 0) is 76.5 Å². The fourth-order valence-electron chi connectivity index (χ4n) is 8.03. The maximum Gasteiger partial charge on any atom is 0.160 e. The lowest BCUT2D eigenvalue weighted by Crippen LogP contribution is -1.97. The second-order valence-electron chi connectivity index (χ2n) is 13.8. The lowest BCUT2D eigenvalue weighted by molar-refractivity contribution is 1.16. The summed E-state index contributed by atoms with van der Waals surface area (Å²) < 4.78 is 5.05. The molecule has 3 heterocycles. The quantitative estimate of drug-likeness (QED) is 0.178. The molecule has 0 N–H and O–H groups in total. The first-order valence-corrected chi connectivity index (χ1v) is 19.1. The zero-order chi connectivity index (χ0) is 35.6. The van der Waals surface area contributed by atoms with Crippen LogP contribution in [0.3, 0.4) is 0 Å². The van der Waals surface area contributed by atoms with E-state index in [1.807, 2.05) is 23.5 Å². The molecule has 0 aliphatic carbocycles. The fourth-order valence-corrected chi connectivity index (χ4v) is 9.27. The van der Waals surface area contributed by atoms with Gasteiger partial charge in [-0.2, -0.15) is 0 Å². The molecule has 0 bridgehead atoms. The summed E-state index contributed by atoms with van der Waals surface area (Å²) in [6.07, 6.45) is 0. The Labute approximate surface area is 316 Å². The molecule has 0 saturated carbocycles. The summed E-state index contributed by atoms with van der Waals surface area (Å²) in [6, 6.07) is 67.1. The Morgan fingerprint density at radius 3 is 1.69 bits per heavy atom. The predicted molar refractivity (Wildman–Crippen MR) is 229 cm³/mol. The number of aromatic nitrogens is 3. The van der Waals surface area contributed by atoms with Crippen LogP contribution in [0.15, 0.2) is 188 Å². The van der Waals surface area contributed by atoms with E-state index in [9.17, 15) is 0 Å². The molecule has 8 aromatic carbocycles. The van der Waals surface area contributed by atoms with Crippen LogP contribution >= 0.6 is 11.3 Å². The van der Waals surface area contributed by atoms with Crippen LogP contribution in [0.25, 0.3) is 103 Å². The van der Waals surface area contributed by atoms with Gasteiger partial charge < -0.3 is 4.57 Å². The van der Waals surface area contributed by atoms with E-state index >= 15 is 0 Å². The molecule has 4 heteroatoms. The van der Waals surface area contributed by atoms with E-state index < -0.39 is 0 Å². The van der Waals surface area contributed by atoms with Gasteiger partial charge in [-0.15, -0.1) is 11.3 Å². The summed E-state index contributed by atoms with van der Waals surface area (Å²) in [6.45, 7) is 0. The molecule has 11 aromatic rings. The molecule has 3 aromatic heterocycles. The van der Waals surface area contributed by atoms with E-state index in [1.54, 1.807) is 0 Å². The SMILES string of the molecule is c1ccc(-c2ccc3sc4c(ccc5c4c4c6ccccc6ccc4n5-c4ccc(-c5nc(-c6ccccc6)cc(-c6ccccc6)n5)cc4)c3c2)cc1. The van der Waals surface area contributed by atoms with Crippen LogP contribution < -0.4 is 0 Å². The van der Waals surface area contributed by atoms with Crippen molar-refractivity contribution >= 4 is 64.1 Å². The van der Waals surface area contributed by atoms with Crippen molar-refractivity contribution in [2.75, 3.05) is 0 Å². The fraction of sp³-hybridized carbons (Fsp3) is 0. The van der Waals surface area contributed by atoms with Gasteiger partial charge in [0.1, 0.15) is 0 Å². The minimum absolute atomic E-state index is 0.705. The first-order chi connectivity index (χ1) is 26.8. The van der Waals surface area contributed by atoms with Crippen molar-refractivity contribution in [1.82, 2.24) is 14.5 Å². The molecule has 252 valence electrons. The van der Waals surface area contributed by atoms with E-state index in [1.165, 1.54) is 63.9 Å². The number of hydrogen-bond donors (Lipinski definition) is 0. The van der Waals surface area contributed by atoms with Crippen molar-refractivity contribution in [3.8, 4) is 50.7 Å². The van der Waals surface area contributed by atoms with Crippen LogP contribution in [0.1, 0.15) is 0 Å². The Balaban J connectivity index is 1.11. The van der Waals surface area contributed by atoms with Gasteiger partial charge in [0.2, 0.25) is 0 Å². The number of fused-ring (bicyclic) bond motifs is 9. The normalized spacial score (nSPS) is 11.7. The van der Waals surface area contributed by atoms with Crippen molar-refractivity contribution in [2.45, 2.75) is 0 Å². The lowest BCUT2D eigenvalue weighted by Gasteiger charge is -2.11. The third-order valence-corrected chi connectivity index (χ3v) is 11.8. The van der Waals surface area contributed by atoms with Crippen LogP contribution in [-0.2, 0) is 0 Å². The average molecular weight is 706 g/mol. The second-order valence-corrected chi connectivity index (χ2v) is 14.8. The Morgan fingerprint density at radius 2 is 0.981 bits per heavy atom. The van der Waals surface area contributed by atoms with Crippen molar-refractivity contribution in [3.63, 3.8) is 0 Å². The standard InChI is InChI=1S/C50H31N3S/c1-4-12-32(13-5-1)37-23-29-46-41(30-37)40-26-28-45-48(49(40)54-46)47-39-19-11-10-14-33(39)22-27-44(47)53(45)38-24-20-36(21-25-38)50-51-42(34-15-6-2-7-16-34)31-43(52-50)35-17-8-3-9-18-35/h1-31H. The Hall–Kier alpha value is -6.88. The zero-order valence-corrected chi connectivity index (χ0v) is 30.0. The Bertz CT molecular complexity index is 3120. The van der Waals surface area contributed by atoms with Crippen LogP contribution in [0.5, 0.6) is 0 Å². The van der Waals surface area contributed by atoms with Crippen LogP contribution in [-0.4, -0.2) is 14.5 Å². The monoisotopic (exact) mass is 705 g/mol. The largest absolute Gasteiger partial charge is 0.309 e. The van der Waals surface area contributed by atoms with Crippen LogP contribution in [0.4, 0.5) is 0 Å². The van der Waals surface area contributed by atoms with Gasteiger partial charge in [0, 0.05) is 53.3 Å². The number of nitrogens with zero attached hydrogens (tertiary/aromatic N) is 3. The highest BCUT2D eigenvalue weighted by Crippen LogP contribution is 2.46. The Kier molecular flexibility index (Phi) is 7.04. The smallest absolute Gasteiger partial charge is 0.160 e. The highest BCUT2D eigenvalue weighted by Gasteiger charge is 2.20. The Morgan fingerprint density at radius 1 is 0.389 bits per heavy atom. The second kappa shape index (κ2) is 12.4. The molecular formula is C50H31N3S. The van der Waals surface area contributed by atoms with Crippen LogP contribution in [0, 0.1) is 0 Å². The highest BCUT2D eigenvalue weighted by atomic mass is 32.1. The van der Waals surface area contributed by atoms with Crippen molar-refractivity contribution in [2.24, 2.45) is 0 Å². The highest BCUT2D eigenvalue weighted by molar-refractivity contribution is 7.26. The first-order valence-electron chi connectivity index (χ1n) is 18.2. The van der Waals surface area contributed by atoms with Crippen LogP contribution in [0.2, 0.25) is 0 Å². The summed E-state index contributed by atoms with van der Waals surface area (Å²) in [5.41, 5.74) is 10.9. The molecule has 0 aliphatic rings. The van der Waals surface area contributed by atoms with Gasteiger partial charge in [-0.25, -0.2) is 9.97 Å². The minimum atomic E-state index is 0.705. The summed E-state index contributed by atoms with van der Waals surface area (Å²) in [5, 5.41) is 7.71. The van der Waals surface area contributed by atoms with Gasteiger partial charge in [-0.1, -0.05) is 133 Å². The third-order valence-electron chi connectivity index (χ3n) is 10.6. The molecule has 11 rings (SSSR count). The molecule has 0 aliphatic heterocycles. The molecule has 0 saturated heterocycles. The molecule has 0 atom stereocenters. The topological polar surface area (TPSA) is 30.7 Å². The molecule has 0 spiro atoms. The van der Waals surface area contributed by atoms with Crippen molar-refractivity contribution in [3.05, 3.63) is 188 Å².